The second-order valence-corrected chi connectivity index (χ2v) is 5.25. The van der Waals surface area contributed by atoms with Crippen molar-refractivity contribution in [1.29, 1.82) is 0 Å². The van der Waals surface area contributed by atoms with E-state index in [1.165, 1.54) is 0 Å². The Morgan fingerprint density at radius 2 is 1.78 bits per heavy atom. The summed E-state index contributed by atoms with van der Waals surface area (Å²) < 4.78 is 0. The van der Waals surface area contributed by atoms with Gasteiger partial charge in [-0.1, -0.05) is 36.0 Å². The topological polar surface area (TPSA) is 17.1 Å². The fraction of sp³-hybridized carbons (Fsp3) is 0.0714. The van der Waals surface area contributed by atoms with Gasteiger partial charge in [-0.2, -0.15) is 0 Å². The van der Waals surface area contributed by atoms with Gasteiger partial charge in [0.05, 0.1) is 0 Å². The molecule has 2 rings (SSSR count). The zero-order valence-corrected chi connectivity index (χ0v) is 11.1. The van der Waals surface area contributed by atoms with Crippen molar-refractivity contribution < 1.29 is 4.79 Å². The van der Waals surface area contributed by atoms with Gasteiger partial charge in [-0.3, -0.25) is 4.79 Å². The molecule has 1 nitrogen and oxygen atoms in total. The van der Waals surface area contributed by atoms with Crippen molar-refractivity contribution in [3.05, 3.63) is 54.1 Å². The first-order valence-electron chi connectivity index (χ1n) is 5.23. The van der Waals surface area contributed by atoms with E-state index in [2.05, 4.69) is 12.6 Å². The molecule has 0 aliphatic carbocycles. The van der Waals surface area contributed by atoms with E-state index in [4.69, 9.17) is 0 Å². The molecule has 0 atom stereocenters. The molecule has 0 aliphatic heterocycles. The van der Waals surface area contributed by atoms with Gasteiger partial charge in [0.25, 0.3) is 0 Å². The van der Waals surface area contributed by atoms with E-state index in [1.807, 2.05) is 42.5 Å². The van der Waals surface area contributed by atoms with E-state index in [0.29, 0.717) is 0 Å². The zero-order valence-electron chi connectivity index (χ0n) is 9.38. The molecule has 0 bridgehead atoms. The van der Waals surface area contributed by atoms with Gasteiger partial charge in [-0.05, 0) is 31.2 Å². The van der Waals surface area contributed by atoms with Crippen molar-refractivity contribution in [3.8, 4) is 0 Å². The van der Waals surface area contributed by atoms with E-state index in [0.717, 1.165) is 20.2 Å². The fourth-order valence-electron chi connectivity index (χ4n) is 1.43. The summed E-state index contributed by atoms with van der Waals surface area (Å²) in [7, 11) is 0. The minimum absolute atomic E-state index is 0. The van der Waals surface area contributed by atoms with Gasteiger partial charge in [0.2, 0.25) is 0 Å². The van der Waals surface area contributed by atoms with Gasteiger partial charge in [0.1, 0.15) is 0 Å². The average molecular weight is 284 g/mol. The minimum atomic E-state index is 0. The normalized spacial score (nSPS) is 9.67. The summed E-state index contributed by atoms with van der Waals surface area (Å²) in [6.07, 6.45) is 0. The summed E-state index contributed by atoms with van der Waals surface area (Å²) in [6, 6.07) is 15.6. The van der Waals surface area contributed by atoms with Gasteiger partial charge in [0.15, 0.2) is 5.78 Å². The first-order valence-corrected chi connectivity index (χ1v) is 6.50. The third-order valence-electron chi connectivity index (χ3n) is 2.34. The van der Waals surface area contributed by atoms with Crippen LogP contribution >= 0.6 is 24.4 Å². The third kappa shape index (κ3) is 4.18. The second kappa shape index (κ2) is 7.41. The van der Waals surface area contributed by atoms with E-state index in [9.17, 15) is 4.79 Å². The predicted molar refractivity (Wildman–Crippen MR) is 81.4 cm³/mol. The number of hydrogen-bond donors (Lipinski definition) is 1. The molecular formula is C14H13NaOS2. The summed E-state index contributed by atoms with van der Waals surface area (Å²) in [5.74, 6) is 0.0771. The van der Waals surface area contributed by atoms with Crippen molar-refractivity contribution in [2.24, 2.45) is 0 Å². The van der Waals surface area contributed by atoms with Crippen molar-refractivity contribution in [1.82, 2.24) is 0 Å². The van der Waals surface area contributed by atoms with Gasteiger partial charge < -0.3 is 0 Å². The molecule has 0 heterocycles. The molecule has 0 fully saturated rings. The van der Waals surface area contributed by atoms with E-state index >= 15 is 0 Å². The van der Waals surface area contributed by atoms with Crippen LogP contribution in [0, 0.1) is 0 Å². The number of carbonyl (C=O) groups excluding carboxylic acids is 1. The molecule has 0 amide bonds. The first kappa shape index (κ1) is 15.9. The molecule has 4 heteroatoms. The van der Waals surface area contributed by atoms with Crippen LogP contribution in [0.2, 0.25) is 0 Å². The molecule has 0 saturated carbocycles. The summed E-state index contributed by atoms with van der Waals surface area (Å²) in [6.45, 7) is 1.57. The van der Waals surface area contributed by atoms with Crippen LogP contribution in [0.3, 0.4) is 0 Å². The van der Waals surface area contributed by atoms with Crippen molar-refractivity contribution in [2.45, 2.75) is 21.6 Å². The number of ketones is 1. The fourth-order valence-corrected chi connectivity index (χ4v) is 2.61. The maximum atomic E-state index is 11.3. The molecule has 0 saturated heterocycles. The molecule has 88 valence electrons. The molecule has 0 aromatic heterocycles. The Morgan fingerprint density at radius 1 is 1.11 bits per heavy atom. The van der Waals surface area contributed by atoms with Crippen LogP contribution in [0.4, 0.5) is 0 Å². The van der Waals surface area contributed by atoms with E-state index < -0.39 is 0 Å². The number of rotatable bonds is 3. The Balaban J connectivity index is 0.00000162. The van der Waals surface area contributed by atoms with Crippen LogP contribution in [-0.4, -0.2) is 35.3 Å². The molecule has 0 unspecified atom stereocenters. The van der Waals surface area contributed by atoms with E-state index in [-0.39, 0.29) is 35.3 Å². The molecular weight excluding hydrogens is 271 g/mol. The van der Waals surface area contributed by atoms with E-state index in [1.54, 1.807) is 24.8 Å². The van der Waals surface area contributed by atoms with Crippen LogP contribution in [0.1, 0.15) is 17.3 Å². The Kier molecular flexibility index (Phi) is 6.53. The number of Topliss-reactive ketones (excluding diaryl/α,β-unsaturated/α-hetero) is 1. The Morgan fingerprint density at radius 3 is 2.39 bits per heavy atom. The SMILES string of the molecule is CC(=O)c1ccc(S)c(Sc2ccccc2)c1.[NaH]. The summed E-state index contributed by atoms with van der Waals surface area (Å²) in [4.78, 5) is 14.4. The van der Waals surface area contributed by atoms with Crippen molar-refractivity contribution >= 4 is 59.7 Å². The van der Waals surface area contributed by atoms with Crippen LogP contribution in [0.15, 0.2) is 63.2 Å². The summed E-state index contributed by atoms with van der Waals surface area (Å²) in [5, 5.41) is 0. The standard InChI is InChI=1S/C14H12OS2.Na.H/c1-10(15)11-7-8-13(16)14(9-11)17-12-5-3-2-4-6-12;;/h2-9,16H,1H3;;. The van der Waals surface area contributed by atoms with Gasteiger partial charge in [0, 0.05) is 20.2 Å². The first-order chi connectivity index (χ1) is 8.16. The quantitative estimate of drug-likeness (QED) is 0.526. The number of thiol groups is 1. The zero-order chi connectivity index (χ0) is 12.3. The van der Waals surface area contributed by atoms with Crippen LogP contribution < -0.4 is 0 Å². The Hall–Kier alpha value is -0.190. The van der Waals surface area contributed by atoms with Crippen molar-refractivity contribution in [3.63, 3.8) is 0 Å². The van der Waals surface area contributed by atoms with Gasteiger partial charge in [-0.15, -0.1) is 12.6 Å². The molecule has 0 N–H and O–H groups in total. The summed E-state index contributed by atoms with van der Waals surface area (Å²) >= 11 is 6.03. The molecule has 0 aliphatic rings. The Bertz CT molecular complexity index is 541. The third-order valence-corrected chi connectivity index (χ3v) is 3.94. The van der Waals surface area contributed by atoms with Crippen LogP contribution in [0.25, 0.3) is 0 Å². The predicted octanol–water partition coefficient (Wildman–Crippen LogP) is 3.68. The summed E-state index contributed by atoms with van der Waals surface area (Å²) in [5.41, 5.74) is 0.723. The molecule has 2 aromatic carbocycles. The number of benzene rings is 2. The number of carbonyl (C=O) groups is 1. The molecule has 18 heavy (non-hydrogen) atoms. The van der Waals surface area contributed by atoms with Crippen LogP contribution in [-0.2, 0) is 0 Å². The number of hydrogen-bond acceptors (Lipinski definition) is 3. The molecule has 0 spiro atoms. The van der Waals surface area contributed by atoms with Crippen LogP contribution in [0.5, 0.6) is 0 Å². The van der Waals surface area contributed by atoms with Crippen molar-refractivity contribution in [2.75, 3.05) is 0 Å². The Labute approximate surface area is 139 Å². The molecule has 2 aromatic rings. The monoisotopic (exact) mass is 284 g/mol. The molecule has 0 radical (unpaired) electrons. The van der Waals surface area contributed by atoms with Gasteiger partial charge in [-0.25, -0.2) is 0 Å². The maximum absolute atomic E-state index is 11.3. The van der Waals surface area contributed by atoms with Gasteiger partial charge >= 0.3 is 29.6 Å². The second-order valence-electron chi connectivity index (χ2n) is 3.65. The average Bonchev–Trinajstić information content (AvgIpc) is 2.33.